The van der Waals surface area contributed by atoms with Crippen molar-refractivity contribution < 1.29 is 9.84 Å². The van der Waals surface area contributed by atoms with Gasteiger partial charge in [-0.25, -0.2) is 0 Å². The molecule has 2 aliphatic rings. The minimum absolute atomic E-state index is 0.349. The van der Waals surface area contributed by atoms with Gasteiger partial charge in [-0.3, -0.25) is 4.90 Å². The van der Waals surface area contributed by atoms with Gasteiger partial charge in [0.25, 0.3) is 0 Å². The molecule has 1 aromatic rings. The summed E-state index contributed by atoms with van der Waals surface area (Å²) in [5.74, 6) is 0.800. The minimum atomic E-state index is -0.757. The molecule has 1 aromatic carbocycles. The quantitative estimate of drug-likeness (QED) is 0.786. The third-order valence-corrected chi connectivity index (χ3v) is 6.92. The normalized spacial score (nSPS) is 27.5. The molecule has 0 radical (unpaired) electrons. The van der Waals surface area contributed by atoms with Crippen LogP contribution in [0.2, 0.25) is 5.02 Å². The number of likely N-dealkylation sites (tertiary alicyclic amines) is 1. The van der Waals surface area contributed by atoms with E-state index < -0.39 is 5.60 Å². The van der Waals surface area contributed by atoms with Crippen LogP contribution in [-0.2, 0) is 0 Å². The lowest BCUT2D eigenvalue weighted by atomic mass is 9.74. The van der Waals surface area contributed by atoms with E-state index in [4.69, 9.17) is 16.3 Å². The number of aliphatic hydroxyl groups is 1. The molecule has 0 spiro atoms. The molecular weight excluding hydrogens is 346 g/mol. The van der Waals surface area contributed by atoms with Gasteiger partial charge in [0, 0.05) is 17.6 Å². The van der Waals surface area contributed by atoms with Crippen molar-refractivity contribution in [3.05, 3.63) is 28.3 Å². The molecule has 1 N–H and O–H groups in total. The van der Waals surface area contributed by atoms with Gasteiger partial charge in [-0.15, -0.1) is 0 Å². The molecule has 0 aromatic heterocycles. The molecule has 1 atom stereocenters. The van der Waals surface area contributed by atoms with E-state index in [0.29, 0.717) is 18.1 Å². The van der Waals surface area contributed by atoms with Crippen LogP contribution < -0.4 is 4.74 Å². The number of rotatable bonds is 4. The third-order valence-electron chi connectivity index (χ3n) is 6.33. The van der Waals surface area contributed by atoms with E-state index in [2.05, 4.69) is 18.7 Å². The van der Waals surface area contributed by atoms with Gasteiger partial charge in [0.15, 0.2) is 0 Å². The lowest BCUT2D eigenvalue weighted by Gasteiger charge is -2.46. The zero-order chi connectivity index (χ0) is 18.9. The number of benzene rings is 1. The Kier molecular flexibility index (Phi) is 5.91. The first-order valence-electron chi connectivity index (χ1n) is 10.0. The summed E-state index contributed by atoms with van der Waals surface area (Å²) in [6.07, 6.45) is 6.92. The van der Waals surface area contributed by atoms with Crippen molar-refractivity contribution in [1.29, 1.82) is 0 Å². The maximum atomic E-state index is 11.1. The number of aryl methyl sites for hydroxylation is 2. The van der Waals surface area contributed by atoms with Gasteiger partial charge < -0.3 is 9.84 Å². The molecule has 2 fully saturated rings. The summed E-state index contributed by atoms with van der Waals surface area (Å²) in [6, 6.07) is 4.54. The Morgan fingerprint density at radius 3 is 2.38 bits per heavy atom. The second-order valence-corrected chi connectivity index (χ2v) is 9.73. The predicted molar refractivity (Wildman–Crippen MR) is 108 cm³/mol. The van der Waals surface area contributed by atoms with Gasteiger partial charge in [0.1, 0.15) is 18.0 Å². The first-order valence-corrected chi connectivity index (χ1v) is 10.4. The Morgan fingerprint density at radius 1 is 1.15 bits per heavy atom. The molecule has 1 saturated heterocycles. The molecule has 1 heterocycles. The zero-order valence-corrected chi connectivity index (χ0v) is 17.5. The third kappa shape index (κ3) is 4.74. The summed E-state index contributed by atoms with van der Waals surface area (Å²) in [5.41, 5.74) is 1.76. The highest BCUT2D eigenvalue weighted by atomic mass is 35.5. The second-order valence-electron chi connectivity index (χ2n) is 9.35. The predicted octanol–water partition coefficient (Wildman–Crippen LogP) is 5.13. The van der Waals surface area contributed by atoms with Gasteiger partial charge in [-0.2, -0.15) is 0 Å². The van der Waals surface area contributed by atoms with Crippen molar-refractivity contribution in [3.63, 3.8) is 0 Å². The SMILES string of the molecule is Cc1cc(OCC2(O)CCCN(C3CCC(C)(C)CC3)C2)cc(C)c1Cl. The van der Waals surface area contributed by atoms with Gasteiger partial charge in [0.2, 0.25) is 0 Å². The van der Waals surface area contributed by atoms with Crippen molar-refractivity contribution in [3.8, 4) is 5.75 Å². The molecule has 0 bridgehead atoms. The standard InChI is InChI=1S/C22H34ClNO2/c1-16-12-19(13-17(2)20(16)23)26-15-22(25)8-5-11-24(14-22)18-6-9-21(3,4)10-7-18/h12-13,18,25H,5-11,14-15H2,1-4H3. The minimum Gasteiger partial charge on any atom is -0.491 e. The van der Waals surface area contributed by atoms with Crippen molar-refractivity contribution in [2.75, 3.05) is 19.7 Å². The van der Waals surface area contributed by atoms with Crippen LogP contribution in [-0.4, -0.2) is 41.3 Å². The molecule has 26 heavy (non-hydrogen) atoms. The average Bonchev–Trinajstić information content (AvgIpc) is 2.58. The molecule has 4 heteroatoms. The van der Waals surface area contributed by atoms with Crippen molar-refractivity contribution >= 4 is 11.6 Å². The number of β-amino-alcohol motifs (C(OH)–C–C–N with tert-alkyl or cyclic N) is 1. The van der Waals surface area contributed by atoms with Crippen LogP contribution in [0.3, 0.4) is 0 Å². The smallest absolute Gasteiger partial charge is 0.120 e. The lowest BCUT2D eigenvalue weighted by molar-refractivity contribution is -0.0761. The molecule has 146 valence electrons. The largest absolute Gasteiger partial charge is 0.491 e. The monoisotopic (exact) mass is 379 g/mol. The van der Waals surface area contributed by atoms with E-state index in [9.17, 15) is 5.11 Å². The number of nitrogens with zero attached hydrogens (tertiary/aromatic N) is 1. The van der Waals surface area contributed by atoms with Crippen LogP contribution in [0.15, 0.2) is 12.1 Å². The van der Waals surface area contributed by atoms with Crippen LogP contribution in [0.25, 0.3) is 0 Å². The highest BCUT2D eigenvalue weighted by molar-refractivity contribution is 6.32. The first-order chi connectivity index (χ1) is 12.2. The average molecular weight is 380 g/mol. The Morgan fingerprint density at radius 2 is 1.77 bits per heavy atom. The van der Waals surface area contributed by atoms with Crippen LogP contribution in [0.4, 0.5) is 0 Å². The van der Waals surface area contributed by atoms with E-state index >= 15 is 0 Å². The van der Waals surface area contributed by atoms with Gasteiger partial charge in [-0.1, -0.05) is 25.4 Å². The van der Waals surface area contributed by atoms with Gasteiger partial charge >= 0.3 is 0 Å². The lowest BCUT2D eigenvalue weighted by Crippen LogP contribution is -2.55. The highest BCUT2D eigenvalue weighted by Crippen LogP contribution is 2.38. The molecular formula is C22H34ClNO2. The van der Waals surface area contributed by atoms with E-state index in [1.165, 1.54) is 25.7 Å². The van der Waals surface area contributed by atoms with E-state index in [-0.39, 0.29) is 0 Å². The van der Waals surface area contributed by atoms with Crippen molar-refractivity contribution in [2.24, 2.45) is 5.41 Å². The van der Waals surface area contributed by atoms with Crippen LogP contribution in [0, 0.1) is 19.3 Å². The van der Waals surface area contributed by atoms with Crippen LogP contribution >= 0.6 is 11.6 Å². The summed E-state index contributed by atoms with van der Waals surface area (Å²) in [6.45, 7) is 10.9. The van der Waals surface area contributed by atoms with Gasteiger partial charge in [-0.05, 0) is 87.6 Å². The Balaban J connectivity index is 1.59. The van der Waals surface area contributed by atoms with Crippen molar-refractivity contribution in [1.82, 2.24) is 4.90 Å². The Hall–Kier alpha value is -0.770. The molecule has 1 unspecified atom stereocenters. The van der Waals surface area contributed by atoms with Crippen LogP contribution in [0.5, 0.6) is 5.75 Å². The van der Waals surface area contributed by atoms with Crippen molar-refractivity contribution in [2.45, 2.75) is 77.9 Å². The number of hydrogen-bond donors (Lipinski definition) is 1. The van der Waals surface area contributed by atoms with Crippen LogP contribution in [0.1, 0.15) is 63.5 Å². The molecule has 3 nitrogen and oxygen atoms in total. The Labute approximate surface area is 163 Å². The summed E-state index contributed by atoms with van der Waals surface area (Å²) in [4.78, 5) is 2.51. The molecule has 1 aliphatic heterocycles. The summed E-state index contributed by atoms with van der Waals surface area (Å²) in [7, 11) is 0. The van der Waals surface area contributed by atoms with E-state index in [0.717, 1.165) is 47.8 Å². The van der Waals surface area contributed by atoms with Gasteiger partial charge in [0.05, 0.1) is 0 Å². The van der Waals surface area contributed by atoms with E-state index in [1.54, 1.807) is 0 Å². The molecule has 0 amide bonds. The maximum absolute atomic E-state index is 11.1. The Bertz CT molecular complexity index is 612. The topological polar surface area (TPSA) is 32.7 Å². The first kappa shape index (κ1) is 20.0. The zero-order valence-electron chi connectivity index (χ0n) is 16.8. The summed E-state index contributed by atoms with van der Waals surface area (Å²) in [5, 5.41) is 11.9. The molecule has 3 rings (SSSR count). The highest BCUT2D eigenvalue weighted by Gasteiger charge is 2.38. The summed E-state index contributed by atoms with van der Waals surface area (Å²) >= 11 is 6.24. The fourth-order valence-electron chi connectivity index (χ4n) is 4.53. The number of ether oxygens (including phenoxy) is 1. The fraction of sp³-hybridized carbons (Fsp3) is 0.727. The number of halogens is 1. The molecule has 1 saturated carbocycles. The van der Waals surface area contributed by atoms with E-state index in [1.807, 2.05) is 26.0 Å². The number of piperidine rings is 1. The second kappa shape index (κ2) is 7.69. The number of hydrogen-bond acceptors (Lipinski definition) is 3. The maximum Gasteiger partial charge on any atom is 0.120 e. The molecule has 1 aliphatic carbocycles. The fourth-order valence-corrected chi connectivity index (χ4v) is 4.64. The summed E-state index contributed by atoms with van der Waals surface area (Å²) < 4.78 is 6.00.